The third-order valence-electron chi connectivity index (χ3n) is 5.20. The number of nitrogens with one attached hydrogen (secondary N) is 2. The minimum absolute atomic E-state index is 0.187. The van der Waals surface area contributed by atoms with Crippen LogP contribution in [0.5, 0.6) is 11.5 Å². The second-order valence-corrected chi connectivity index (χ2v) is 7.51. The Balaban J connectivity index is 1.32. The summed E-state index contributed by atoms with van der Waals surface area (Å²) in [5, 5.41) is 10.3. The number of fused-ring (bicyclic) bond motifs is 1. The molecule has 0 bridgehead atoms. The summed E-state index contributed by atoms with van der Waals surface area (Å²) in [6, 6.07) is 15.3. The van der Waals surface area contributed by atoms with Crippen molar-refractivity contribution < 1.29 is 14.3 Å². The number of urea groups is 1. The van der Waals surface area contributed by atoms with Gasteiger partial charge >= 0.3 is 6.03 Å². The average Bonchev–Trinajstić information content (AvgIpc) is 3.14. The maximum absolute atomic E-state index is 12.4. The topological polar surface area (TPSA) is 77.4 Å². The molecule has 30 heavy (non-hydrogen) atoms. The molecule has 0 unspecified atom stereocenters. The zero-order chi connectivity index (χ0) is 21.1. The number of hydrogen-bond acceptors (Lipinski definition) is 4. The van der Waals surface area contributed by atoms with Gasteiger partial charge in [0.05, 0.1) is 24.5 Å². The molecule has 2 aromatic carbocycles. The highest BCUT2D eigenvalue weighted by atomic mass is 16.6. The summed E-state index contributed by atoms with van der Waals surface area (Å²) in [4.78, 5) is 12.4. The second kappa shape index (κ2) is 8.49. The first-order chi connectivity index (χ1) is 14.5. The van der Waals surface area contributed by atoms with Gasteiger partial charge in [-0.3, -0.25) is 0 Å². The molecule has 2 atom stereocenters. The Morgan fingerprint density at radius 3 is 2.67 bits per heavy atom. The van der Waals surface area contributed by atoms with Crippen LogP contribution in [0.4, 0.5) is 4.79 Å². The molecule has 7 heteroatoms. The van der Waals surface area contributed by atoms with Gasteiger partial charge in [0.15, 0.2) is 17.6 Å². The molecule has 0 saturated carbocycles. The highest BCUT2D eigenvalue weighted by Crippen LogP contribution is 2.30. The number of benzene rings is 2. The number of amides is 2. The van der Waals surface area contributed by atoms with Crippen molar-refractivity contribution >= 4 is 6.03 Å². The Kier molecular flexibility index (Phi) is 5.61. The lowest BCUT2D eigenvalue weighted by Crippen LogP contribution is -2.45. The van der Waals surface area contributed by atoms with Crippen LogP contribution in [0.25, 0.3) is 5.69 Å². The van der Waals surface area contributed by atoms with Crippen LogP contribution in [0.1, 0.15) is 29.8 Å². The standard InChI is InChI=1S/C23H26N4O3/c1-15-8-10-18(11-9-15)27-17(3)20(13-25-27)16(2)26-23(28)24-12-19-14-29-21-6-4-5-7-22(21)30-19/h4-11,13,16,19H,12,14H2,1-3H3,(H2,24,26,28)/t16-,19-/m0/s1. The third-order valence-corrected chi connectivity index (χ3v) is 5.20. The summed E-state index contributed by atoms with van der Waals surface area (Å²) in [7, 11) is 0. The Morgan fingerprint density at radius 2 is 1.90 bits per heavy atom. The van der Waals surface area contributed by atoms with Crippen LogP contribution in [-0.4, -0.2) is 35.1 Å². The van der Waals surface area contributed by atoms with Gasteiger partial charge in [-0.1, -0.05) is 29.8 Å². The Labute approximate surface area is 176 Å². The van der Waals surface area contributed by atoms with Crippen LogP contribution >= 0.6 is 0 Å². The van der Waals surface area contributed by atoms with Crippen molar-refractivity contribution in [3.8, 4) is 17.2 Å². The fourth-order valence-electron chi connectivity index (χ4n) is 3.49. The van der Waals surface area contributed by atoms with Gasteiger partial charge in [0, 0.05) is 11.3 Å². The second-order valence-electron chi connectivity index (χ2n) is 7.51. The van der Waals surface area contributed by atoms with Crippen LogP contribution in [0, 0.1) is 13.8 Å². The number of carbonyl (C=O) groups excluding carboxylic acids is 1. The van der Waals surface area contributed by atoms with E-state index in [1.54, 1.807) is 6.20 Å². The molecule has 0 aliphatic carbocycles. The Bertz CT molecular complexity index is 1030. The largest absolute Gasteiger partial charge is 0.486 e. The monoisotopic (exact) mass is 406 g/mol. The normalized spacial score (nSPS) is 16.0. The van der Waals surface area contributed by atoms with Crippen LogP contribution < -0.4 is 20.1 Å². The molecular weight excluding hydrogens is 380 g/mol. The van der Waals surface area contributed by atoms with Gasteiger partial charge in [-0.05, 0) is 45.0 Å². The molecule has 1 aliphatic heterocycles. The van der Waals surface area contributed by atoms with E-state index in [1.807, 2.05) is 54.9 Å². The van der Waals surface area contributed by atoms with E-state index in [9.17, 15) is 4.79 Å². The molecule has 2 amide bonds. The van der Waals surface area contributed by atoms with Crippen LogP contribution in [-0.2, 0) is 0 Å². The van der Waals surface area contributed by atoms with Gasteiger partial charge in [-0.25, -0.2) is 9.48 Å². The van der Waals surface area contributed by atoms with Gasteiger partial charge in [-0.15, -0.1) is 0 Å². The van der Waals surface area contributed by atoms with E-state index in [-0.39, 0.29) is 18.2 Å². The molecule has 0 radical (unpaired) electrons. The number of para-hydroxylation sites is 2. The summed E-state index contributed by atoms with van der Waals surface area (Å²) < 4.78 is 13.4. The maximum atomic E-state index is 12.4. The quantitative estimate of drug-likeness (QED) is 0.678. The molecule has 1 aromatic heterocycles. The molecule has 3 aromatic rings. The Hall–Kier alpha value is -3.48. The predicted molar refractivity (Wildman–Crippen MR) is 114 cm³/mol. The van der Waals surface area contributed by atoms with Gasteiger partial charge < -0.3 is 20.1 Å². The van der Waals surface area contributed by atoms with Crippen molar-refractivity contribution in [3.63, 3.8) is 0 Å². The fourth-order valence-corrected chi connectivity index (χ4v) is 3.49. The molecule has 156 valence electrons. The lowest BCUT2D eigenvalue weighted by molar-refractivity contribution is 0.0917. The molecule has 0 fully saturated rings. The number of aromatic nitrogens is 2. The maximum Gasteiger partial charge on any atom is 0.315 e. The van der Waals surface area contributed by atoms with Crippen LogP contribution in [0.15, 0.2) is 54.7 Å². The number of ether oxygens (including phenoxy) is 2. The number of nitrogens with zero attached hydrogens (tertiary/aromatic N) is 2. The SMILES string of the molecule is Cc1ccc(-n2ncc([C@H](C)NC(=O)NC[C@H]3COc4ccccc4O3)c2C)cc1. The molecular formula is C23H26N4O3. The molecule has 1 aliphatic rings. The van der Waals surface area contributed by atoms with Crippen molar-refractivity contribution in [3.05, 3.63) is 71.5 Å². The average molecular weight is 406 g/mol. The summed E-state index contributed by atoms with van der Waals surface area (Å²) >= 11 is 0. The molecule has 0 saturated heterocycles. The van der Waals surface area contributed by atoms with E-state index in [0.717, 1.165) is 22.7 Å². The summed E-state index contributed by atoms with van der Waals surface area (Å²) in [5.74, 6) is 1.43. The van der Waals surface area contributed by atoms with Gasteiger partial charge in [-0.2, -0.15) is 5.10 Å². The molecule has 2 heterocycles. The fraction of sp³-hybridized carbons (Fsp3) is 0.304. The Morgan fingerprint density at radius 1 is 1.17 bits per heavy atom. The lowest BCUT2D eigenvalue weighted by Gasteiger charge is -2.26. The van der Waals surface area contributed by atoms with Crippen molar-refractivity contribution in [2.24, 2.45) is 0 Å². The van der Waals surface area contributed by atoms with Crippen molar-refractivity contribution in [1.82, 2.24) is 20.4 Å². The van der Waals surface area contributed by atoms with Gasteiger partial charge in [0.25, 0.3) is 0 Å². The van der Waals surface area contributed by atoms with E-state index in [1.165, 1.54) is 5.56 Å². The van der Waals surface area contributed by atoms with E-state index in [4.69, 9.17) is 9.47 Å². The zero-order valence-electron chi connectivity index (χ0n) is 17.4. The number of hydrogen-bond donors (Lipinski definition) is 2. The van der Waals surface area contributed by atoms with Crippen molar-refractivity contribution in [2.75, 3.05) is 13.2 Å². The molecule has 4 rings (SSSR count). The van der Waals surface area contributed by atoms with E-state index in [0.29, 0.717) is 18.9 Å². The smallest absolute Gasteiger partial charge is 0.315 e. The van der Waals surface area contributed by atoms with E-state index < -0.39 is 0 Å². The predicted octanol–water partition coefficient (Wildman–Crippen LogP) is 3.69. The number of carbonyl (C=O) groups is 1. The van der Waals surface area contributed by atoms with Crippen LogP contribution in [0.2, 0.25) is 0 Å². The van der Waals surface area contributed by atoms with Crippen molar-refractivity contribution in [1.29, 1.82) is 0 Å². The lowest BCUT2D eigenvalue weighted by atomic mass is 10.1. The summed E-state index contributed by atoms with van der Waals surface area (Å²) in [6.07, 6.45) is 1.57. The van der Waals surface area contributed by atoms with E-state index in [2.05, 4.69) is 34.8 Å². The zero-order valence-corrected chi connectivity index (χ0v) is 17.4. The van der Waals surface area contributed by atoms with Gasteiger partial charge in [0.2, 0.25) is 0 Å². The molecule has 7 nitrogen and oxygen atoms in total. The highest BCUT2D eigenvalue weighted by molar-refractivity contribution is 5.74. The van der Waals surface area contributed by atoms with Crippen molar-refractivity contribution in [2.45, 2.75) is 32.9 Å². The molecule has 2 N–H and O–H groups in total. The first-order valence-electron chi connectivity index (χ1n) is 10.1. The van der Waals surface area contributed by atoms with Gasteiger partial charge in [0.1, 0.15) is 6.61 Å². The molecule has 0 spiro atoms. The van der Waals surface area contributed by atoms with Crippen LogP contribution in [0.3, 0.4) is 0 Å². The third kappa shape index (κ3) is 4.25. The first-order valence-corrected chi connectivity index (χ1v) is 10.1. The highest BCUT2D eigenvalue weighted by Gasteiger charge is 2.22. The first kappa shape index (κ1) is 19.8. The minimum Gasteiger partial charge on any atom is -0.486 e. The summed E-state index contributed by atoms with van der Waals surface area (Å²) in [5.41, 5.74) is 4.16. The summed E-state index contributed by atoms with van der Waals surface area (Å²) in [6.45, 7) is 6.76. The van der Waals surface area contributed by atoms with E-state index >= 15 is 0 Å². The number of rotatable bonds is 5. The minimum atomic E-state index is -0.257. The number of aryl methyl sites for hydroxylation is 1.